The van der Waals surface area contributed by atoms with Crippen molar-refractivity contribution in [1.29, 1.82) is 0 Å². The van der Waals surface area contributed by atoms with Crippen LogP contribution >= 0.6 is 22.6 Å². The van der Waals surface area contributed by atoms with E-state index in [9.17, 15) is 4.79 Å². The molecule has 1 atom stereocenters. The van der Waals surface area contributed by atoms with Gasteiger partial charge in [-0.2, -0.15) is 0 Å². The zero-order valence-corrected chi connectivity index (χ0v) is 11.6. The van der Waals surface area contributed by atoms with Gasteiger partial charge in [0, 0.05) is 28.5 Å². The second kappa shape index (κ2) is 5.64. The van der Waals surface area contributed by atoms with Crippen molar-refractivity contribution in [1.82, 2.24) is 0 Å². The maximum absolute atomic E-state index is 11.2. The van der Waals surface area contributed by atoms with Gasteiger partial charge < -0.3 is 0 Å². The molecule has 0 fully saturated rings. The molecule has 0 aliphatic heterocycles. The standard InChI is InChI=1S/C13H17IO/c1-9(2)8-11-4-6-12(7-5-11)10(3)13(14)15/h4-7,9-10H,8H2,1-3H3/t10-/m0/s1. The Morgan fingerprint density at radius 2 is 1.73 bits per heavy atom. The molecular formula is C13H17IO. The Kier molecular flexibility index (Phi) is 4.77. The molecular weight excluding hydrogens is 299 g/mol. The summed E-state index contributed by atoms with van der Waals surface area (Å²) in [5.74, 6) is 0.693. The van der Waals surface area contributed by atoms with Crippen LogP contribution in [0.3, 0.4) is 0 Å². The second-order valence-electron chi connectivity index (χ2n) is 4.37. The van der Waals surface area contributed by atoms with Crippen LogP contribution in [0.15, 0.2) is 24.3 Å². The molecule has 0 spiro atoms. The van der Waals surface area contributed by atoms with Gasteiger partial charge in [-0.25, -0.2) is 0 Å². The van der Waals surface area contributed by atoms with E-state index in [1.165, 1.54) is 5.56 Å². The molecule has 0 aromatic heterocycles. The quantitative estimate of drug-likeness (QED) is 0.607. The molecule has 82 valence electrons. The molecule has 0 bridgehead atoms. The third-order valence-electron chi connectivity index (χ3n) is 2.46. The number of hydrogen-bond acceptors (Lipinski definition) is 1. The molecule has 1 rings (SSSR count). The molecule has 0 saturated heterocycles. The fourth-order valence-electron chi connectivity index (χ4n) is 1.54. The Hall–Kier alpha value is -0.380. The number of rotatable bonds is 4. The molecule has 0 saturated carbocycles. The summed E-state index contributed by atoms with van der Waals surface area (Å²) in [4.78, 5) is 11.2. The van der Waals surface area contributed by atoms with Crippen LogP contribution in [-0.4, -0.2) is 3.79 Å². The molecule has 0 radical (unpaired) electrons. The van der Waals surface area contributed by atoms with E-state index in [4.69, 9.17) is 0 Å². The summed E-state index contributed by atoms with van der Waals surface area (Å²) in [6.45, 7) is 6.38. The third kappa shape index (κ3) is 3.93. The minimum absolute atomic E-state index is 0.0127. The Morgan fingerprint density at radius 3 is 2.13 bits per heavy atom. The third-order valence-corrected chi connectivity index (χ3v) is 3.40. The molecule has 0 unspecified atom stereocenters. The number of carbonyl (C=O) groups is 1. The number of carbonyl (C=O) groups excluding carboxylic acids is 1. The Bertz CT molecular complexity index is 327. The van der Waals surface area contributed by atoms with Crippen molar-refractivity contribution in [3.63, 3.8) is 0 Å². The van der Waals surface area contributed by atoms with Gasteiger partial charge in [-0.15, -0.1) is 0 Å². The van der Waals surface area contributed by atoms with Crippen LogP contribution in [-0.2, 0) is 11.2 Å². The molecule has 0 heterocycles. The molecule has 1 aromatic carbocycles. The molecule has 0 aliphatic carbocycles. The van der Waals surface area contributed by atoms with Crippen molar-refractivity contribution in [2.45, 2.75) is 33.1 Å². The molecule has 0 N–H and O–H groups in total. The molecule has 1 nitrogen and oxygen atoms in total. The van der Waals surface area contributed by atoms with Gasteiger partial charge in [-0.3, -0.25) is 4.79 Å². The zero-order valence-electron chi connectivity index (χ0n) is 9.46. The first-order valence-corrected chi connectivity index (χ1v) is 6.36. The van der Waals surface area contributed by atoms with E-state index in [0.717, 1.165) is 12.0 Å². The average molecular weight is 316 g/mol. The summed E-state index contributed by atoms with van der Waals surface area (Å²) in [5.41, 5.74) is 2.46. The van der Waals surface area contributed by atoms with E-state index in [1.54, 1.807) is 0 Å². The lowest BCUT2D eigenvalue weighted by molar-refractivity contribution is -0.110. The van der Waals surface area contributed by atoms with Gasteiger partial charge in [0.25, 0.3) is 0 Å². The van der Waals surface area contributed by atoms with Crippen molar-refractivity contribution >= 4 is 26.4 Å². The van der Waals surface area contributed by atoms with Gasteiger partial charge >= 0.3 is 0 Å². The Labute approximate surface area is 105 Å². The minimum atomic E-state index is 0.0127. The molecule has 2 heteroatoms. The number of hydrogen-bond donors (Lipinski definition) is 0. The lowest BCUT2D eigenvalue weighted by Gasteiger charge is -2.09. The van der Waals surface area contributed by atoms with E-state index in [-0.39, 0.29) is 9.71 Å². The summed E-state index contributed by atoms with van der Waals surface area (Å²) in [5, 5.41) is 0. The monoisotopic (exact) mass is 316 g/mol. The zero-order chi connectivity index (χ0) is 11.4. The van der Waals surface area contributed by atoms with Gasteiger partial charge in [0.1, 0.15) is 0 Å². The van der Waals surface area contributed by atoms with Gasteiger partial charge in [0.2, 0.25) is 0 Å². The Morgan fingerprint density at radius 1 is 1.20 bits per heavy atom. The molecule has 0 aliphatic rings. The van der Waals surface area contributed by atoms with Gasteiger partial charge in [0.05, 0.1) is 0 Å². The van der Waals surface area contributed by atoms with Crippen LogP contribution in [0.2, 0.25) is 0 Å². The van der Waals surface area contributed by atoms with Crippen LogP contribution in [0.5, 0.6) is 0 Å². The molecule has 1 aromatic rings. The lowest BCUT2D eigenvalue weighted by atomic mass is 9.98. The van der Waals surface area contributed by atoms with Crippen molar-refractivity contribution in [3.05, 3.63) is 35.4 Å². The number of halogens is 1. The van der Waals surface area contributed by atoms with Crippen LogP contribution in [0, 0.1) is 5.92 Å². The first-order chi connectivity index (χ1) is 7.00. The average Bonchev–Trinajstić information content (AvgIpc) is 2.17. The predicted molar refractivity (Wildman–Crippen MR) is 72.4 cm³/mol. The summed E-state index contributed by atoms with van der Waals surface area (Å²) >= 11 is 1.86. The fourth-order valence-corrected chi connectivity index (χ4v) is 1.90. The number of benzene rings is 1. The van der Waals surface area contributed by atoms with Crippen LogP contribution < -0.4 is 0 Å². The highest BCUT2D eigenvalue weighted by Gasteiger charge is 2.11. The normalized spacial score (nSPS) is 12.9. The molecule has 0 amide bonds. The summed E-state index contributed by atoms with van der Waals surface area (Å²) < 4.78 is 0.198. The smallest absolute Gasteiger partial charge is 0.199 e. The van der Waals surface area contributed by atoms with Gasteiger partial charge in [-0.05, 0) is 23.5 Å². The predicted octanol–water partition coefficient (Wildman–Crippen LogP) is 3.95. The minimum Gasteiger partial charge on any atom is -0.287 e. The van der Waals surface area contributed by atoms with Crippen molar-refractivity contribution in [3.8, 4) is 0 Å². The second-order valence-corrected chi connectivity index (χ2v) is 5.43. The van der Waals surface area contributed by atoms with E-state index in [2.05, 4.69) is 38.1 Å². The van der Waals surface area contributed by atoms with E-state index < -0.39 is 0 Å². The first-order valence-electron chi connectivity index (χ1n) is 5.29. The highest BCUT2D eigenvalue weighted by molar-refractivity contribution is 14.1. The lowest BCUT2D eigenvalue weighted by Crippen LogP contribution is -2.01. The molecule has 15 heavy (non-hydrogen) atoms. The topological polar surface area (TPSA) is 17.1 Å². The van der Waals surface area contributed by atoms with Crippen molar-refractivity contribution in [2.24, 2.45) is 5.92 Å². The van der Waals surface area contributed by atoms with Gasteiger partial charge in [-0.1, -0.05) is 45.0 Å². The highest BCUT2D eigenvalue weighted by atomic mass is 127. The SMILES string of the molecule is CC(C)Cc1ccc([C@H](C)C(=O)I)cc1. The highest BCUT2D eigenvalue weighted by Crippen LogP contribution is 2.20. The van der Waals surface area contributed by atoms with Crippen LogP contribution in [0.4, 0.5) is 0 Å². The fraction of sp³-hybridized carbons (Fsp3) is 0.462. The first kappa shape index (κ1) is 12.7. The maximum atomic E-state index is 11.2. The van der Waals surface area contributed by atoms with Crippen molar-refractivity contribution in [2.75, 3.05) is 0 Å². The van der Waals surface area contributed by atoms with Gasteiger partial charge in [0.15, 0.2) is 3.79 Å². The maximum Gasteiger partial charge on any atom is 0.199 e. The van der Waals surface area contributed by atoms with Crippen LogP contribution in [0.25, 0.3) is 0 Å². The largest absolute Gasteiger partial charge is 0.287 e. The summed E-state index contributed by atoms with van der Waals surface area (Å²) in [6, 6.07) is 8.40. The Balaban J connectivity index is 2.76. The summed E-state index contributed by atoms with van der Waals surface area (Å²) in [6.07, 6.45) is 1.10. The summed E-state index contributed by atoms with van der Waals surface area (Å²) in [7, 11) is 0. The van der Waals surface area contributed by atoms with Crippen LogP contribution in [0.1, 0.15) is 37.8 Å². The van der Waals surface area contributed by atoms with E-state index >= 15 is 0 Å². The van der Waals surface area contributed by atoms with Crippen molar-refractivity contribution < 1.29 is 4.79 Å². The van der Waals surface area contributed by atoms with E-state index in [1.807, 2.05) is 29.5 Å². The van der Waals surface area contributed by atoms with E-state index in [0.29, 0.717) is 5.92 Å².